The third-order valence-corrected chi connectivity index (χ3v) is 5.23. The quantitative estimate of drug-likeness (QED) is 0.713. The summed E-state index contributed by atoms with van der Waals surface area (Å²) in [7, 11) is 3.63. The maximum atomic E-state index is 12.4. The van der Waals surface area contributed by atoms with E-state index >= 15 is 0 Å². The highest BCUT2D eigenvalue weighted by Gasteiger charge is 2.20. The van der Waals surface area contributed by atoms with Crippen molar-refractivity contribution in [2.45, 2.75) is 57.4 Å². The van der Waals surface area contributed by atoms with Gasteiger partial charge in [0.2, 0.25) is 5.91 Å². The predicted octanol–water partition coefficient (Wildman–Crippen LogP) is 4.57. The number of amides is 1. The second-order valence-corrected chi connectivity index (χ2v) is 6.97. The van der Waals surface area contributed by atoms with Gasteiger partial charge in [-0.1, -0.05) is 31.7 Å². The highest BCUT2D eigenvalue weighted by molar-refractivity contribution is 9.10. The van der Waals surface area contributed by atoms with Crippen LogP contribution in [0.5, 0.6) is 5.75 Å². The van der Waals surface area contributed by atoms with Gasteiger partial charge in [-0.15, -0.1) is 0 Å². The largest absolute Gasteiger partial charge is 0.496 e. The van der Waals surface area contributed by atoms with Gasteiger partial charge in [0.25, 0.3) is 0 Å². The number of benzene rings is 1. The van der Waals surface area contributed by atoms with Crippen molar-refractivity contribution in [3.8, 4) is 5.75 Å². The minimum Gasteiger partial charge on any atom is -0.496 e. The standard InChI is InChI=1S/C18H26BrNO2/c1-20(15-7-5-3-4-6-8-15)18(21)12-10-14-9-11-17(22-2)16(19)13-14/h9,11,13,15H,3-8,10,12H2,1-2H3. The second-order valence-electron chi connectivity index (χ2n) is 6.12. The number of halogens is 1. The van der Waals surface area contributed by atoms with Crippen molar-refractivity contribution >= 4 is 21.8 Å². The molecule has 0 heterocycles. The van der Waals surface area contributed by atoms with Gasteiger partial charge in [0.15, 0.2) is 0 Å². The van der Waals surface area contributed by atoms with Gasteiger partial charge in [0.1, 0.15) is 5.75 Å². The molecule has 1 saturated carbocycles. The van der Waals surface area contributed by atoms with Crippen molar-refractivity contribution in [2.24, 2.45) is 0 Å². The van der Waals surface area contributed by atoms with Crippen LogP contribution in [0.25, 0.3) is 0 Å². The number of methoxy groups -OCH3 is 1. The van der Waals surface area contributed by atoms with E-state index in [0.717, 1.165) is 35.0 Å². The molecule has 0 unspecified atom stereocenters. The molecule has 1 aliphatic carbocycles. The Morgan fingerprint density at radius 2 is 1.95 bits per heavy atom. The third-order valence-electron chi connectivity index (χ3n) is 4.61. The van der Waals surface area contributed by atoms with E-state index in [9.17, 15) is 4.79 Å². The van der Waals surface area contributed by atoms with Gasteiger partial charge >= 0.3 is 0 Å². The van der Waals surface area contributed by atoms with Crippen molar-refractivity contribution in [1.82, 2.24) is 4.90 Å². The second kappa shape index (κ2) is 8.56. The van der Waals surface area contributed by atoms with E-state index in [-0.39, 0.29) is 5.91 Å². The lowest BCUT2D eigenvalue weighted by atomic mass is 10.1. The highest BCUT2D eigenvalue weighted by atomic mass is 79.9. The van der Waals surface area contributed by atoms with Crippen LogP contribution in [0.1, 0.15) is 50.5 Å². The van der Waals surface area contributed by atoms with Gasteiger partial charge in [-0.2, -0.15) is 0 Å². The van der Waals surface area contributed by atoms with Crippen molar-refractivity contribution in [3.63, 3.8) is 0 Å². The lowest BCUT2D eigenvalue weighted by Crippen LogP contribution is -2.36. The number of aryl methyl sites for hydroxylation is 1. The molecular weight excluding hydrogens is 342 g/mol. The molecule has 1 amide bonds. The molecule has 0 aromatic heterocycles. The van der Waals surface area contributed by atoms with Crippen LogP contribution in [0, 0.1) is 0 Å². The summed E-state index contributed by atoms with van der Waals surface area (Å²) in [5, 5.41) is 0. The number of carbonyl (C=O) groups is 1. The molecule has 2 rings (SSSR count). The summed E-state index contributed by atoms with van der Waals surface area (Å²) in [6.07, 6.45) is 8.83. The summed E-state index contributed by atoms with van der Waals surface area (Å²) in [6.45, 7) is 0. The van der Waals surface area contributed by atoms with Crippen LogP contribution in [0.15, 0.2) is 22.7 Å². The summed E-state index contributed by atoms with van der Waals surface area (Å²) >= 11 is 3.49. The number of carbonyl (C=O) groups excluding carboxylic acids is 1. The first kappa shape index (κ1) is 17.3. The summed E-state index contributed by atoms with van der Waals surface area (Å²) in [4.78, 5) is 14.4. The van der Waals surface area contributed by atoms with Gasteiger partial charge in [0, 0.05) is 19.5 Å². The Labute approximate surface area is 142 Å². The molecule has 1 aromatic carbocycles. The molecule has 1 aliphatic rings. The summed E-state index contributed by atoms with van der Waals surface area (Å²) < 4.78 is 6.17. The molecule has 0 aliphatic heterocycles. The Hall–Kier alpha value is -1.03. The number of hydrogen-bond acceptors (Lipinski definition) is 2. The van der Waals surface area contributed by atoms with Crippen LogP contribution in [0.4, 0.5) is 0 Å². The summed E-state index contributed by atoms with van der Waals surface area (Å²) in [5.41, 5.74) is 1.16. The Kier molecular flexibility index (Phi) is 6.74. The summed E-state index contributed by atoms with van der Waals surface area (Å²) in [5.74, 6) is 1.09. The third kappa shape index (κ3) is 4.73. The molecule has 3 nitrogen and oxygen atoms in total. The number of nitrogens with zero attached hydrogens (tertiary/aromatic N) is 1. The molecule has 0 spiro atoms. The van der Waals surface area contributed by atoms with E-state index < -0.39 is 0 Å². The topological polar surface area (TPSA) is 29.5 Å². The van der Waals surface area contributed by atoms with E-state index in [1.807, 2.05) is 30.1 Å². The Morgan fingerprint density at radius 1 is 1.27 bits per heavy atom. The first-order valence-corrected chi connectivity index (χ1v) is 8.99. The molecule has 0 saturated heterocycles. The van der Waals surface area contributed by atoms with Crippen molar-refractivity contribution in [1.29, 1.82) is 0 Å². The zero-order valence-corrected chi connectivity index (χ0v) is 15.2. The van der Waals surface area contributed by atoms with Gasteiger partial charge in [-0.25, -0.2) is 0 Å². The molecule has 0 radical (unpaired) electrons. The zero-order valence-electron chi connectivity index (χ0n) is 13.6. The Balaban J connectivity index is 1.87. The number of hydrogen-bond donors (Lipinski definition) is 0. The fourth-order valence-electron chi connectivity index (χ4n) is 3.14. The normalized spacial score (nSPS) is 16.1. The average Bonchev–Trinajstić information content (AvgIpc) is 2.81. The van der Waals surface area contributed by atoms with Gasteiger partial charge < -0.3 is 9.64 Å². The van der Waals surface area contributed by atoms with Crippen LogP contribution in [0.2, 0.25) is 0 Å². The first-order chi connectivity index (χ1) is 10.6. The minimum absolute atomic E-state index is 0.263. The van der Waals surface area contributed by atoms with Gasteiger partial charge in [0.05, 0.1) is 11.6 Å². The average molecular weight is 368 g/mol. The van der Waals surface area contributed by atoms with Crippen molar-refractivity contribution < 1.29 is 9.53 Å². The highest BCUT2D eigenvalue weighted by Crippen LogP contribution is 2.26. The Morgan fingerprint density at radius 3 is 2.55 bits per heavy atom. The van der Waals surface area contributed by atoms with Crippen molar-refractivity contribution in [2.75, 3.05) is 14.2 Å². The molecule has 4 heteroatoms. The van der Waals surface area contributed by atoms with E-state index in [1.54, 1.807) is 7.11 Å². The zero-order chi connectivity index (χ0) is 15.9. The molecule has 0 atom stereocenters. The van der Waals surface area contributed by atoms with Crippen LogP contribution in [0.3, 0.4) is 0 Å². The van der Waals surface area contributed by atoms with E-state index in [0.29, 0.717) is 12.5 Å². The first-order valence-electron chi connectivity index (χ1n) is 8.20. The molecule has 0 N–H and O–H groups in total. The number of ether oxygens (including phenoxy) is 1. The van der Waals surface area contributed by atoms with E-state index in [2.05, 4.69) is 15.9 Å². The maximum Gasteiger partial charge on any atom is 0.222 e. The molecular formula is C18H26BrNO2. The smallest absolute Gasteiger partial charge is 0.222 e. The molecule has 1 aromatic rings. The van der Waals surface area contributed by atoms with Gasteiger partial charge in [-0.3, -0.25) is 4.79 Å². The van der Waals surface area contributed by atoms with Gasteiger partial charge in [-0.05, 0) is 52.9 Å². The minimum atomic E-state index is 0.263. The van der Waals surface area contributed by atoms with Crippen LogP contribution in [-0.4, -0.2) is 31.0 Å². The van der Waals surface area contributed by atoms with Crippen LogP contribution >= 0.6 is 15.9 Å². The molecule has 22 heavy (non-hydrogen) atoms. The van der Waals surface area contributed by atoms with Crippen LogP contribution < -0.4 is 4.74 Å². The SMILES string of the molecule is COc1ccc(CCC(=O)N(C)C2CCCCCC2)cc1Br. The fourth-order valence-corrected chi connectivity index (χ4v) is 3.73. The summed E-state index contributed by atoms with van der Waals surface area (Å²) in [6, 6.07) is 6.46. The lowest BCUT2D eigenvalue weighted by molar-refractivity contribution is -0.132. The number of rotatable bonds is 5. The van der Waals surface area contributed by atoms with Crippen LogP contribution in [-0.2, 0) is 11.2 Å². The maximum absolute atomic E-state index is 12.4. The van der Waals surface area contributed by atoms with E-state index in [1.165, 1.54) is 25.7 Å². The molecule has 122 valence electrons. The predicted molar refractivity (Wildman–Crippen MR) is 93.3 cm³/mol. The van der Waals surface area contributed by atoms with E-state index in [4.69, 9.17) is 4.74 Å². The molecule has 1 fully saturated rings. The lowest BCUT2D eigenvalue weighted by Gasteiger charge is -2.27. The fraction of sp³-hybridized carbons (Fsp3) is 0.611. The molecule has 0 bridgehead atoms. The Bertz CT molecular complexity index is 496. The monoisotopic (exact) mass is 367 g/mol. The van der Waals surface area contributed by atoms with Crippen molar-refractivity contribution in [3.05, 3.63) is 28.2 Å².